The number of rotatable bonds is 3. The molecule has 0 aromatic carbocycles. The molecule has 0 radical (unpaired) electrons. The van der Waals surface area contributed by atoms with Gasteiger partial charge in [-0.1, -0.05) is 0 Å². The fourth-order valence-corrected chi connectivity index (χ4v) is 2.89. The van der Waals surface area contributed by atoms with Gasteiger partial charge in [-0.25, -0.2) is 4.98 Å². The standard InChI is InChI=1S/C10H14BrN3OS.ClH/c11-8-6-14-10(16-8)9(15)13-5-7-2-1-3-12-4-7;/h6-7,12H,1-5H2,(H,13,15);1H/t7-;/m1./s1. The molecule has 1 aromatic rings. The minimum atomic E-state index is -0.0683. The van der Waals surface area contributed by atoms with E-state index in [4.69, 9.17) is 0 Å². The van der Waals surface area contributed by atoms with Crippen LogP contribution in [0.2, 0.25) is 0 Å². The van der Waals surface area contributed by atoms with Crippen molar-refractivity contribution in [2.45, 2.75) is 12.8 Å². The van der Waals surface area contributed by atoms with Gasteiger partial charge in [-0.05, 0) is 47.8 Å². The maximum absolute atomic E-state index is 11.7. The van der Waals surface area contributed by atoms with E-state index in [0.29, 0.717) is 10.9 Å². The van der Waals surface area contributed by atoms with E-state index in [0.717, 1.165) is 23.4 Å². The van der Waals surface area contributed by atoms with Crippen molar-refractivity contribution in [3.63, 3.8) is 0 Å². The predicted octanol–water partition coefficient (Wildman–Crippen LogP) is 2.06. The molecular formula is C10H15BrClN3OS. The van der Waals surface area contributed by atoms with E-state index < -0.39 is 0 Å². The molecule has 7 heteroatoms. The van der Waals surface area contributed by atoms with Gasteiger partial charge in [0.05, 0.1) is 9.98 Å². The van der Waals surface area contributed by atoms with E-state index in [2.05, 4.69) is 31.5 Å². The third kappa shape index (κ3) is 4.54. The number of thiazole rings is 1. The second-order valence-corrected chi connectivity index (χ2v) is 6.30. The molecule has 1 atom stereocenters. The third-order valence-corrected chi connectivity index (χ3v) is 4.10. The lowest BCUT2D eigenvalue weighted by molar-refractivity contribution is 0.0944. The zero-order valence-corrected chi connectivity index (χ0v) is 12.5. The first-order valence-electron chi connectivity index (χ1n) is 5.36. The van der Waals surface area contributed by atoms with Crippen LogP contribution in [0.5, 0.6) is 0 Å². The van der Waals surface area contributed by atoms with Gasteiger partial charge in [0.1, 0.15) is 0 Å². The number of nitrogens with one attached hydrogen (secondary N) is 2. The minimum absolute atomic E-state index is 0. The van der Waals surface area contributed by atoms with Crippen LogP contribution in [0.1, 0.15) is 22.6 Å². The molecule has 1 aliphatic rings. The van der Waals surface area contributed by atoms with Crippen LogP contribution in [0, 0.1) is 5.92 Å². The van der Waals surface area contributed by atoms with E-state index >= 15 is 0 Å². The molecular weight excluding hydrogens is 326 g/mol. The molecule has 96 valence electrons. The van der Waals surface area contributed by atoms with Crippen LogP contribution < -0.4 is 10.6 Å². The van der Waals surface area contributed by atoms with Crippen LogP contribution in [-0.4, -0.2) is 30.5 Å². The van der Waals surface area contributed by atoms with Crippen molar-refractivity contribution >= 4 is 45.6 Å². The monoisotopic (exact) mass is 339 g/mol. The zero-order valence-electron chi connectivity index (χ0n) is 9.24. The molecule has 17 heavy (non-hydrogen) atoms. The van der Waals surface area contributed by atoms with Crippen LogP contribution >= 0.6 is 39.7 Å². The Morgan fingerprint density at radius 3 is 3.12 bits per heavy atom. The number of carbonyl (C=O) groups excluding carboxylic acids is 1. The predicted molar refractivity (Wildman–Crippen MR) is 75.0 cm³/mol. The number of halogens is 2. The molecule has 4 nitrogen and oxygen atoms in total. The van der Waals surface area contributed by atoms with Gasteiger partial charge in [-0.15, -0.1) is 23.7 Å². The van der Waals surface area contributed by atoms with Crippen LogP contribution in [0.4, 0.5) is 0 Å². The summed E-state index contributed by atoms with van der Waals surface area (Å²) in [7, 11) is 0. The topological polar surface area (TPSA) is 54.0 Å². The largest absolute Gasteiger partial charge is 0.350 e. The van der Waals surface area contributed by atoms with E-state index in [9.17, 15) is 4.79 Å². The molecule has 0 unspecified atom stereocenters. The van der Waals surface area contributed by atoms with Gasteiger partial charge < -0.3 is 10.6 Å². The Morgan fingerprint density at radius 1 is 1.71 bits per heavy atom. The number of nitrogens with zero attached hydrogens (tertiary/aromatic N) is 1. The Labute approximate surface area is 119 Å². The summed E-state index contributed by atoms with van der Waals surface area (Å²) in [6.45, 7) is 2.84. The van der Waals surface area contributed by atoms with E-state index in [1.165, 1.54) is 24.2 Å². The maximum atomic E-state index is 11.7. The second kappa shape index (κ2) is 7.31. The van der Waals surface area contributed by atoms with E-state index in [1.54, 1.807) is 6.20 Å². The number of amides is 1. The van der Waals surface area contributed by atoms with Gasteiger partial charge >= 0.3 is 0 Å². The van der Waals surface area contributed by atoms with Crippen LogP contribution in [-0.2, 0) is 0 Å². The number of piperidine rings is 1. The lowest BCUT2D eigenvalue weighted by Gasteiger charge is -2.22. The molecule has 0 bridgehead atoms. The lowest BCUT2D eigenvalue weighted by Crippen LogP contribution is -2.38. The minimum Gasteiger partial charge on any atom is -0.350 e. The number of hydrogen-bond acceptors (Lipinski definition) is 4. The smallest absolute Gasteiger partial charge is 0.280 e. The molecule has 0 saturated carbocycles. The molecule has 0 aliphatic carbocycles. The Bertz CT molecular complexity index is 368. The molecule has 1 aromatic heterocycles. The fraction of sp³-hybridized carbons (Fsp3) is 0.600. The van der Waals surface area contributed by atoms with Crippen LogP contribution in [0.3, 0.4) is 0 Å². The van der Waals surface area contributed by atoms with Crippen molar-refractivity contribution in [1.82, 2.24) is 15.6 Å². The van der Waals surface area contributed by atoms with E-state index in [1.807, 2.05) is 0 Å². The van der Waals surface area contributed by atoms with Crippen molar-refractivity contribution < 1.29 is 4.79 Å². The summed E-state index contributed by atoms with van der Waals surface area (Å²) in [6.07, 6.45) is 4.04. The van der Waals surface area contributed by atoms with Crippen molar-refractivity contribution in [1.29, 1.82) is 0 Å². The molecule has 1 fully saturated rings. The molecule has 2 heterocycles. The highest BCUT2D eigenvalue weighted by molar-refractivity contribution is 9.11. The molecule has 1 saturated heterocycles. The molecule has 1 amide bonds. The van der Waals surface area contributed by atoms with E-state index in [-0.39, 0.29) is 18.3 Å². The Hall–Kier alpha value is -0.170. The Kier molecular flexibility index (Phi) is 6.40. The highest BCUT2D eigenvalue weighted by atomic mass is 79.9. The quantitative estimate of drug-likeness (QED) is 0.885. The second-order valence-electron chi connectivity index (χ2n) is 3.89. The van der Waals surface area contributed by atoms with Gasteiger partial charge in [0.15, 0.2) is 5.01 Å². The first-order chi connectivity index (χ1) is 7.75. The first-order valence-corrected chi connectivity index (χ1v) is 6.97. The summed E-state index contributed by atoms with van der Waals surface area (Å²) in [5.41, 5.74) is 0. The maximum Gasteiger partial charge on any atom is 0.280 e. The number of aromatic nitrogens is 1. The van der Waals surface area contributed by atoms with Gasteiger partial charge in [0.25, 0.3) is 5.91 Å². The summed E-state index contributed by atoms with van der Waals surface area (Å²) in [4.78, 5) is 15.7. The summed E-state index contributed by atoms with van der Waals surface area (Å²) in [5, 5.41) is 6.78. The number of hydrogen-bond donors (Lipinski definition) is 2. The van der Waals surface area contributed by atoms with Crippen molar-refractivity contribution in [3.05, 3.63) is 15.0 Å². The van der Waals surface area contributed by atoms with Crippen molar-refractivity contribution in [3.8, 4) is 0 Å². The molecule has 2 N–H and O–H groups in total. The molecule has 2 rings (SSSR count). The molecule has 1 aliphatic heterocycles. The van der Waals surface area contributed by atoms with Crippen molar-refractivity contribution in [2.24, 2.45) is 5.92 Å². The van der Waals surface area contributed by atoms with Gasteiger partial charge in [-0.2, -0.15) is 0 Å². The summed E-state index contributed by atoms with van der Waals surface area (Å²) in [5.74, 6) is 0.488. The van der Waals surface area contributed by atoms with Crippen molar-refractivity contribution in [2.75, 3.05) is 19.6 Å². The van der Waals surface area contributed by atoms with Gasteiger partial charge in [0, 0.05) is 6.54 Å². The normalized spacial score (nSPS) is 19.5. The first kappa shape index (κ1) is 14.9. The Morgan fingerprint density at radius 2 is 2.53 bits per heavy atom. The third-order valence-electron chi connectivity index (χ3n) is 2.62. The number of carbonyl (C=O) groups is 1. The average molecular weight is 341 g/mol. The van der Waals surface area contributed by atoms with Gasteiger partial charge in [0.2, 0.25) is 0 Å². The van der Waals surface area contributed by atoms with Gasteiger partial charge in [-0.3, -0.25) is 4.79 Å². The highest BCUT2D eigenvalue weighted by Crippen LogP contribution is 2.18. The molecule has 0 spiro atoms. The SMILES string of the molecule is Cl.O=C(NC[C@@H]1CCCNC1)c1ncc(Br)s1. The Balaban J connectivity index is 0.00000144. The lowest BCUT2D eigenvalue weighted by atomic mass is 10.00. The highest BCUT2D eigenvalue weighted by Gasteiger charge is 2.15. The van der Waals surface area contributed by atoms with Crippen LogP contribution in [0.15, 0.2) is 9.98 Å². The summed E-state index contributed by atoms with van der Waals surface area (Å²) < 4.78 is 0.886. The summed E-state index contributed by atoms with van der Waals surface area (Å²) >= 11 is 4.65. The van der Waals surface area contributed by atoms with Crippen LogP contribution in [0.25, 0.3) is 0 Å². The average Bonchev–Trinajstić information content (AvgIpc) is 2.74. The summed E-state index contributed by atoms with van der Waals surface area (Å²) in [6, 6.07) is 0. The zero-order chi connectivity index (χ0) is 11.4. The fourth-order valence-electron chi connectivity index (χ4n) is 1.77.